The lowest BCUT2D eigenvalue weighted by Crippen LogP contribution is -2.60. The molecule has 1 aromatic rings. The molecule has 2 aliphatic heterocycles. The summed E-state index contributed by atoms with van der Waals surface area (Å²) in [5.41, 5.74) is -0.697. The lowest BCUT2D eigenvalue weighted by Gasteiger charge is -2.49. The number of carbonyl (C=O) groups excluding carboxylic acids is 1. The molecule has 1 amide bonds. The summed E-state index contributed by atoms with van der Waals surface area (Å²) in [5, 5.41) is 9.96. The third-order valence-electron chi connectivity index (χ3n) is 8.46. The van der Waals surface area contributed by atoms with E-state index >= 15 is 0 Å². The van der Waals surface area contributed by atoms with E-state index in [0.29, 0.717) is 37.8 Å². The summed E-state index contributed by atoms with van der Waals surface area (Å²) in [6, 6.07) is 8.97. The summed E-state index contributed by atoms with van der Waals surface area (Å²) in [7, 11) is 0. The van der Waals surface area contributed by atoms with Gasteiger partial charge in [0, 0.05) is 31.0 Å². The van der Waals surface area contributed by atoms with Crippen LogP contribution in [0.3, 0.4) is 0 Å². The first-order valence-electron chi connectivity index (χ1n) is 12.8. The van der Waals surface area contributed by atoms with Gasteiger partial charge in [-0.25, -0.2) is 4.39 Å². The number of nitrogens with zero attached hydrogens (tertiary/aromatic N) is 2. The zero-order valence-corrected chi connectivity index (χ0v) is 20.2. The summed E-state index contributed by atoms with van der Waals surface area (Å²) >= 11 is 0. The number of hydrogen-bond donors (Lipinski definition) is 1. The summed E-state index contributed by atoms with van der Waals surface area (Å²) < 4.78 is 20.2. The maximum atomic E-state index is 14.1. The molecule has 5 nitrogen and oxygen atoms in total. The van der Waals surface area contributed by atoms with Crippen LogP contribution in [0.15, 0.2) is 24.3 Å². The summed E-state index contributed by atoms with van der Waals surface area (Å²) in [5.74, 6) is 1.22. The van der Waals surface area contributed by atoms with E-state index in [1.165, 1.54) is 18.4 Å². The van der Waals surface area contributed by atoms with Gasteiger partial charge in [0.25, 0.3) is 5.91 Å². The van der Waals surface area contributed by atoms with Crippen LogP contribution in [0.5, 0.6) is 5.75 Å². The van der Waals surface area contributed by atoms with Crippen molar-refractivity contribution in [3.8, 4) is 5.75 Å². The number of hydrogen-bond acceptors (Lipinski definition) is 4. The smallest absolute Gasteiger partial charge is 0.260 e. The first-order valence-corrected chi connectivity index (χ1v) is 12.8. The molecule has 2 heterocycles. The van der Waals surface area contributed by atoms with E-state index in [4.69, 9.17) is 4.74 Å². The number of carbonyl (C=O) groups is 1. The highest BCUT2D eigenvalue weighted by atomic mass is 19.1. The van der Waals surface area contributed by atoms with Gasteiger partial charge >= 0.3 is 0 Å². The number of para-hydroxylation sites is 1. The lowest BCUT2D eigenvalue weighted by molar-refractivity contribution is -0.150. The standard InChI is InChI=1S/C27H39FN2O3/c1-25(2,32)13-16-33-23-6-4-3-5-22(23)20-8-14-29(15-9-20)21-7-10-26(17-21)18-30(19-26)24(31)27(28)11-12-27/h3-6,20-21,32H,7-19H2,1-2H3/t21-/m0/s1. The second-order valence-electron chi connectivity index (χ2n) is 11.8. The Labute approximate surface area is 197 Å². The van der Waals surface area contributed by atoms with E-state index in [9.17, 15) is 14.3 Å². The van der Waals surface area contributed by atoms with Crippen LogP contribution in [-0.4, -0.2) is 70.9 Å². The molecule has 1 atom stereocenters. The van der Waals surface area contributed by atoms with Crippen molar-refractivity contribution in [3.05, 3.63) is 29.8 Å². The SMILES string of the molecule is CC(C)(O)CCOc1ccccc1C1CCN([C@H]2CCC3(C2)CN(C(=O)C2(F)CC2)C3)CC1. The molecule has 6 heteroatoms. The molecule has 1 aromatic carbocycles. The molecule has 182 valence electrons. The van der Waals surface area contributed by atoms with Crippen molar-refractivity contribution in [2.24, 2.45) is 5.41 Å². The van der Waals surface area contributed by atoms with Crippen molar-refractivity contribution >= 4 is 5.91 Å². The number of rotatable bonds is 7. The van der Waals surface area contributed by atoms with Gasteiger partial charge in [0.2, 0.25) is 0 Å². The Morgan fingerprint density at radius 2 is 1.85 bits per heavy atom. The van der Waals surface area contributed by atoms with E-state index in [2.05, 4.69) is 23.1 Å². The van der Waals surface area contributed by atoms with E-state index in [1.54, 1.807) is 4.90 Å². The molecule has 2 aliphatic carbocycles. The molecule has 1 N–H and O–H groups in total. The Bertz CT molecular complexity index is 864. The molecule has 4 aliphatic rings. The maximum Gasteiger partial charge on any atom is 0.260 e. The first-order chi connectivity index (χ1) is 15.7. The Morgan fingerprint density at radius 1 is 1.15 bits per heavy atom. The van der Waals surface area contributed by atoms with E-state index in [0.717, 1.165) is 51.2 Å². The molecule has 33 heavy (non-hydrogen) atoms. The number of benzene rings is 1. The second-order valence-corrected chi connectivity index (χ2v) is 11.8. The average Bonchev–Trinajstić information content (AvgIpc) is 3.35. The van der Waals surface area contributed by atoms with Gasteiger partial charge < -0.3 is 19.6 Å². The Kier molecular flexibility index (Phi) is 5.97. The van der Waals surface area contributed by atoms with E-state index < -0.39 is 11.3 Å². The Balaban J connectivity index is 1.11. The molecular formula is C27H39FN2O3. The number of halogens is 1. The fraction of sp³-hybridized carbons (Fsp3) is 0.741. The number of ether oxygens (including phenoxy) is 1. The van der Waals surface area contributed by atoms with Gasteiger partial charge in [0.15, 0.2) is 5.67 Å². The lowest BCUT2D eigenvalue weighted by atomic mass is 9.77. The van der Waals surface area contributed by atoms with Crippen molar-refractivity contribution in [1.82, 2.24) is 9.80 Å². The first kappa shape index (κ1) is 23.1. The van der Waals surface area contributed by atoms with E-state index in [1.807, 2.05) is 19.9 Å². The Hall–Kier alpha value is -1.66. The van der Waals surface area contributed by atoms with Gasteiger partial charge in [-0.1, -0.05) is 18.2 Å². The van der Waals surface area contributed by atoms with Gasteiger partial charge in [-0.05, 0) is 89.4 Å². The van der Waals surface area contributed by atoms with Crippen LogP contribution in [-0.2, 0) is 4.79 Å². The highest BCUT2D eigenvalue weighted by molar-refractivity contribution is 5.88. The van der Waals surface area contributed by atoms with Crippen LogP contribution < -0.4 is 4.74 Å². The molecule has 0 aromatic heterocycles. The van der Waals surface area contributed by atoms with Crippen molar-refractivity contribution in [3.63, 3.8) is 0 Å². The number of piperidine rings is 1. The van der Waals surface area contributed by atoms with Crippen LogP contribution >= 0.6 is 0 Å². The number of alkyl halides is 1. The fourth-order valence-corrected chi connectivity index (χ4v) is 6.23. The van der Waals surface area contributed by atoms with Crippen molar-refractivity contribution in [1.29, 1.82) is 0 Å². The van der Waals surface area contributed by atoms with Crippen LogP contribution in [0.4, 0.5) is 4.39 Å². The highest BCUT2D eigenvalue weighted by Gasteiger charge is 2.58. The Morgan fingerprint density at radius 3 is 2.52 bits per heavy atom. The zero-order chi connectivity index (χ0) is 23.3. The maximum absolute atomic E-state index is 14.1. The molecular weight excluding hydrogens is 419 g/mol. The average molecular weight is 459 g/mol. The fourth-order valence-electron chi connectivity index (χ4n) is 6.23. The summed E-state index contributed by atoms with van der Waals surface area (Å²) in [6.07, 6.45) is 7.22. The van der Waals surface area contributed by atoms with Gasteiger partial charge in [-0.15, -0.1) is 0 Å². The molecule has 2 saturated heterocycles. The number of amides is 1. The normalized spacial score (nSPS) is 26.9. The minimum atomic E-state index is -1.52. The zero-order valence-electron chi connectivity index (χ0n) is 20.2. The summed E-state index contributed by atoms with van der Waals surface area (Å²) in [4.78, 5) is 16.7. The van der Waals surface area contributed by atoms with Crippen LogP contribution in [0, 0.1) is 5.41 Å². The monoisotopic (exact) mass is 458 g/mol. The van der Waals surface area contributed by atoms with E-state index in [-0.39, 0.29) is 11.3 Å². The van der Waals surface area contributed by atoms with Crippen LogP contribution in [0.25, 0.3) is 0 Å². The number of aliphatic hydroxyl groups is 1. The molecule has 4 fully saturated rings. The largest absolute Gasteiger partial charge is 0.493 e. The predicted octanol–water partition coefficient (Wildman–Crippen LogP) is 4.29. The van der Waals surface area contributed by atoms with Crippen LogP contribution in [0.1, 0.15) is 76.7 Å². The van der Waals surface area contributed by atoms with Gasteiger partial charge in [-0.3, -0.25) is 4.79 Å². The second kappa shape index (κ2) is 8.53. The number of likely N-dealkylation sites (tertiary alicyclic amines) is 2. The van der Waals surface area contributed by atoms with Crippen molar-refractivity contribution in [2.45, 2.75) is 88.4 Å². The van der Waals surface area contributed by atoms with Gasteiger partial charge in [0.1, 0.15) is 5.75 Å². The third-order valence-corrected chi connectivity index (χ3v) is 8.46. The predicted molar refractivity (Wildman–Crippen MR) is 126 cm³/mol. The molecule has 5 rings (SSSR count). The van der Waals surface area contributed by atoms with Gasteiger partial charge in [-0.2, -0.15) is 0 Å². The third kappa shape index (κ3) is 4.93. The topological polar surface area (TPSA) is 53.0 Å². The quantitative estimate of drug-likeness (QED) is 0.662. The minimum Gasteiger partial charge on any atom is -0.493 e. The molecule has 1 spiro atoms. The van der Waals surface area contributed by atoms with Crippen LogP contribution in [0.2, 0.25) is 0 Å². The molecule has 2 saturated carbocycles. The molecule has 0 bridgehead atoms. The van der Waals surface area contributed by atoms with Crippen molar-refractivity contribution < 1.29 is 19.0 Å². The summed E-state index contributed by atoms with van der Waals surface area (Å²) in [6.45, 7) is 7.87. The highest BCUT2D eigenvalue weighted by Crippen LogP contribution is 2.51. The van der Waals surface area contributed by atoms with Crippen molar-refractivity contribution in [2.75, 3.05) is 32.8 Å². The minimum absolute atomic E-state index is 0.239. The molecule has 0 unspecified atom stereocenters. The molecule has 0 radical (unpaired) electrons. The van der Waals surface area contributed by atoms with Gasteiger partial charge in [0.05, 0.1) is 12.2 Å².